The summed E-state index contributed by atoms with van der Waals surface area (Å²) in [6.45, 7) is 0.282. The second kappa shape index (κ2) is 5.34. The highest BCUT2D eigenvalue weighted by atomic mass is 16.5. The standard InChI is InChI=1S/C18H12N2O4/c21-17-13-6-5-11(18(22)23)8-14(13)19-16(20-17)12-7-10-3-1-2-4-15(10)24-9-12/h1-8H,9H2,(H,22,23)(H,19,20,21). The van der Waals surface area contributed by atoms with Gasteiger partial charge in [0.15, 0.2) is 0 Å². The number of aromatic amines is 1. The zero-order valence-electron chi connectivity index (χ0n) is 12.4. The van der Waals surface area contributed by atoms with Crippen LogP contribution in [0, 0.1) is 0 Å². The highest BCUT2D eigenvalue weighted by molar-refractivity contribution is 5.93. The molecular weight excluding hydrogens is 308 g/mol. The van der Waals surface area contributed by atoms with Gasteiger partial charge in [0.2, 0.25) is 0 Å². The van der Waals surface area contributed by atoms with E-state index in [0.29, 0.717) is 16.7 Å². The molecule has 1 aliphatic heterocycles. The van der Waals surface area contributed by atoms with Crippen molar-refractivity contribution >= 4 is 28.5 Å². The third kappa shape index (κ3) is 2.34. The number of carboxylic acids is 1. The second-order valence-corrected chi connectivity index (χ2v) is 5.45. The van der Waals surface area contributed by atoms with Gasteiger partial charge in [-0.1, -0.05) is 18.2 Å². The summed E-state index contributed by atoms with van der Waals surface area (Å²) in [5.41, 5.74) is 1.75. The zero-order chi connectivity index (χ0) is 16.7. The van der Waals surface area contributed by atoms with E-state index >= 15 is 0 Å². The first-order valence-corrected chi connectivity index (χ1v) is 7.32. The van der Waals surface area contributed by atoms with Crippen molar-refractivity contribution in [2.24, 2.45) is 0 Å². The number of para-hydroxylation sites is 1. The summed E-state index contributed by atoms with van der Waals surface area (Å²) in [6, 6.07) is 11.8. The van der Waals surface area contributed by atoms with Crippen LogP contribution in [0.15, 0.2) is 47.3 Å². The molecule has 0 spiro atoms. The number of carboxylic acid groups (broad SMARTS) is 1. The molecule has 6 heteroatoms. The van der Waals surface area contributed by atoms with Gasteiger partial charge in [0.25, 0.3) is 5.56 Å². The van der Waals surface area contributed by atoms with E-state index in [2.05, 4.69) is 9.97 Å². The number of hydrogen-bond acceptors (Lipinski definition) is 4. The molecule has 118 valence electrons. The summed E-state index contributed by atoms with van der Waals surface area (Å²) in [5.74, 6) is 0.0942. The minimum Gasteiger partial charge on any atom is -0.488 e. The maximum absolute atomic E-state index is 12.3. The van der Waals surface area contributed by atoms with Gasteiger partial charge in [-0.3, -0.25) is 4.79 Å². The monoisotopic (exact) mass is 320 g/mol. The van der Waals surface area contributed by atoms with Crippen LogP contribution in [0.25, 0.3) is 22.6 Å². The molecule has 0 saturated carbocycles. The molecule has 3 aromatic rings. The fourth-order valence-corrected chi connectivity index (χ4v) is 2.68. The molecule has 0 unspecified atom stereocenters. The molecule has 6 nitrogen and oxygen atoms in total. The van der Waals surface area contributed by atoms with Gasteiger partial charge in [-0.2, -0.15) is 0 Å². The molecule has 0 radical (unpaired) electrons. The number of benzene rings is 2. The fraction of sp³-hybridized carbons (Fsp3) is 0.0556. The first-order valence-electron chi connectivity index (χ1n) is 7.32. The fourth-order valence-electron chi connectivity index (χ4n) is 2.68. The van der Waals surface area contributed by atoms with Crippen molar-refractivity contribution in [3.8, 4) is 5.75 Å². The van der Waals surface area contributed by atoms with E-state index < -0.39 is 5.97 Å². The predicted octanol–water partition coefficient (Wildman–Crippen LogP) is 2.55. The van der Waals surface area contributed by atoms with Crippen LogP contribution in [-0.2, 0) is 0 Å². The summed E-state index contributed by atoms with van der Waals surface area (Å²) in [7, 11) is 0. The van der Waals surface area contributed by atoms with Gasteiger partial charge in [0, 0.05) is 11.1 Å². The molecule has 2 aromatic carbocycles. The van der Waals surface area contributed by atoms with Crippen molar-refractivity contribution < 1.29 is 14.6 Å². The number of aromatic carboxylic acids is 1. The smallest absolute Gasteiger partial charge is 0.335 e. The summed E-state index contributed by atoms with van der Waals surface area (Å²) in [4.78, 5) is 30.5. The lowest BCUT2D eigenvalue weighted by Gasteiger charge is -2.17. The quantitative estimate of drug-likeness (QED) is 0.757. The number of rotatable bonds is 2. The van der Waals surface area contributed by atoms with Crippen molar-refractivity contribution in [1.29, 1.82) is 0 Å². The number of carbonyl (C=O) groups is 1. The Morgan fingerprint density at radius 3 is 2.88 bits per heavy atom. The van der Waals surface area contributed by atoms with E-state index in [-0.39, 0.29) is 17.7 Å². The third-order valence-electron chi connectivity index (χ3n) is 3.89. The van der Waals surface area contributed by atoms with Crippen molar-refractivity contribution in [2.75, 3.05) is 6.61 Å². The average molecular weight is 320 g/mol. The molecule has 0 saturated heterocycles. The predicted molar refractivity (Wildman–Crippen MR) is 89.1 cm³/mol. The SMILES string of the molecule is O=C(O)c1ccc2c(=O)[nH]c(C3=Cc4ccccc4OC3)nc2c1. The summed E-state index contributed by atoms with van der Waals surface area (Å²) < 4.78 is 5.68. The van der Waals surface area contributed by atoms with Gasteiger partial charge in [-0.05, 0) is 30.3 Å². The normalized spacial score (nSPS) is 13.1. The van der Waals surface area contributed by atoms with Crippen molar-refractivity contribution in [3.63, 3.8) is 0 Å². The molecule has 0 bridgehead atoms. The van der Waals surface area contributed by atoms with E-state index in [1.54, 1.807) is 0 Å². The Labute approximate surface area is 136 Å². The van der Waals surface area contributed by atoms with Crippen LogP contribution in [0.3, 0.4) is 0 Å². The summed E-state index contributed by atoms with van der Waals surface area (Å²) in [6.07, 6.45) is 1.91. The van der Waals surface area contributed by atoms with Crippen molar-refractivity contribution in [1.82, 2.24) is 9.97 Å². The first-order chi connectivity index (χ1) is 11.6. The molecule has 0 aliphatic carbocycles. The second-order valence-electron chi connectivity index (χ2n) is 5.45. The number of fused-ring (bicyclic) bond motifs is 2. The van der Waals surface area contributed by atoms with Crippen LogP contribution in [0.1, 0.15) is 21.7 Å². The minimum atomic E-state index is -1.06. The Balaban J connectivity index is 1.87. The number of nitrogens with one attached hydrogen (secondary N) is 1. The van der Waals surface area contributed by atoms with Crippen LogP contribution < -0.4 is 10.3 Å². The van der Waals surface area contributed by atoms with Crippen LogP contribution in [0.4, 0.5) is 0 Å². The minimum absolute atomic E-state index is 0.0887. The molecule has 0 atom stereocenters. The molecule has 1 aromatic heterocycles. The van der Waals surface area contributed by atoms with Gasteiger partial charge in [-0.15, -0.1) is 0 Å². The molecule has 1 aliphatic rings. The summed E-state index contributed by atoms with van der Waals surface area (Å²) >= 11 is 0. The zero-order valence-corrected chi connectivity index (χ0v) is 12.4. The maximum atomic E-state index is 12.3. The molecule has 24 heavy (non-hydrogen) atoms. The average Bonchev–Trinajstić information content (AvgIpc) is 2.60. The van der Waals surface area contributed by atoms with E-state index in [4.69, 9.17) is 9.84 Å². The topological polar surface area (TPSA) is 92.3 Å². The van der Waals surface area contributed by atoms with Gasteiger partial charge < -0.3 is 14.8 Å². The highest BCUT2D eigenvalue weighted by Crippen LogP contribution is 2.29. The third-order valence-corrected chi connectivity index (χ3v) is 3.89. The van der Waals surface area contributed by atoms with Crippen molar-refractivity contribution in [3.05, 3.63) is 69.8 Å². The van der Waals surface area contributed by atoms with Crippen LogP contribution in [0.5, 0.6) is 5.75 Å². The lowest BCUT2D eigenvalue weighted by molar-refractivity contribution is 0.0697. The largest absolute Gasteiger partial charge is 0.488 e. The number of aromatic nitrogens is 2. The van der Waals surface area contributed by atoms with Gasteiger partial charge >= 0.3 is 5.97 Å². The Morgan fingerprint density at radius 2 is 2.04 bits per heavy atom. The maximum Gasteiger partial charge on any atom is 0.335 e. The molecular formula is C18H12N2O4. The Hall–Kier alpha value is -3.41. The molecule has 2 heterocycles. The van der Waals surface area contributed by atoms with Crippen LogP contribution in [-0.4, -0.2) is 27.7 Å². The van der Waals surface area contributed by atoms with Crippen LogP contribution >= 0.6 is 0 Å². The van der Waals surface area contributed by atoms with Gasteiger partial charge in [0.1, 0.15) is 18.2 Å². The lowest BCUT2D eigenvalue weighted by Crippen LogP contribution is -2.15. The Morgan fingerprint density at radius 1 is 1.21 bits per heavy atom. The number of hydrogen-bond donors (Lipinski definition) is 2. The lowest BCUT2D eigenvalue weighted by atomic mass is 10.1. The van der Waals surface area contributed by atoms with Gasteiger partial charge in [0.05, 0.1) is 16.5 Å². The molecule has 4 rings (SSSR count). The molecule has 2 N–H and O–H groups in total. The first kappa shape index (κ1) is 14.2. The molecule has 0 amide bonds. The Kier molecular flexibility index (Phi) is 3.16. The highest BCUT2D eigenvalue weighted by Gasteiger charge is 2.16. The number of ether oxygens (including phenoxy) is 1. The van der Waals surface area contributed by atoms with Gasteiger partial charge in [-0.25, -0.2) is 9.78 Å². The molecule has 0 fully saturated rings. The van der Waals surface area contributed by atoms with Crippen LogP contribution in [0.2, 0.25) is 0 Å². The van der Waals surface area contributed by atoms with E-state index in [9.17, 15) is 9.59 Å². The summed E-state index contributed by atoms with van der Waals surface area (Å²) in [5, 5.41) is 9.44. The van der Waals surface area contributed by atoms with E-state index in [0.717, 1.165) is 16.9 Å². The number of H-pyrrole nitrogens is 1. The van der Waals surface area contributed by atoms with Crippen molar-refractivity contribution in [2.45, 2.75) is 0 Å². The Bertz CT molecular complexity index is 1070. The van der Waals surface area contributed by atoms with E-state index in [1.165, 1.54) is 18.2 Å². The number of nitrogens with zero attached hydrogens (tertiary/aromatic N) is 1. The van der Waals surface area contributed by atoms with E-state index in [1.807, 2.05) is 30.3 Å².